The number of rotatable bonds is 2. The van der Waals surface area contributed by atoms with Crippen LogP contribution in [0, 0.1) is 19.7 Å². The number of aryl methyl sites for hydroxylation is 2. The molecule has 3 rings (SSSR count). The van der Waals surface area contributed by atoms with Gasteiger partial charge in [-0.3, -0.25) is 0 Å². The molecule has 116 valence electrons. The predicted octanol–water partition coefficient (Wildman–Crippen LogP) is 3.77. The summed E-state index contributed by atoms with van der Waals surface area (Å²) in [4.78, 5) is 23.6. The van der Waals surface area contributed by atoms with Gasteiger partial charge < -0.3 is 9.15 Å². The van der Waals surface area contributed by atoms with Crippen LogP contribution in [0.2, 0.25) is 0 Å². The number of carbonyl (C=O) groups is 1. The summed E-state index contributed by atoms with van der Waals surface area (Å²) >= 11 is 0. The van der Waals surface area contributed by atoms with E-state index in [1.807, 2.05) is 6.92 Å². The molecule has 23 heavy (non-hydrogen) atoms. The van der Waals surface area contributed by atoms with Gasteiger partial charge in [0, 0.05) is 17.0 Å². The maximum absolute atomic E-state index is 12.9. The zero-order valence-corrected chi connectivity index (χ0v) is 12.6. The molecule has 0 atom stereocenters. The second kappa shape index (κ2) is 5.68. The Kier molecular flexibility index (Phi) is 3.70. The third-order valence-corrected chi connectivity index (χ3v) is 3.60. The second-order valence-electron chi connectivity index (χ2n) is 5.21. The number of esters is 1. The van der Waals surface area contributed by atoms with E-state index in [9.17, 15) is 14.0 Å². The zero-order valence-electron chi connectivity index (χ0n) is 12.6. The van der Waals surface area contributed by atoms with E-state index in [0.29, 0.717) is 16.9 Å². The average molecular weight is 312 g/mol. The molecule has 0 aliphatic carbocycles. The molecule has 0 aliphatic heterocycles. The summed E-state index contributed by atoms with van der Waals surface area (Å²) < 4.78 is 23.5. The fourth-order valence-electron chi connectivity index (χ4n) is 2.36. The molecule has 1 aromatic heterocycles. The molecule has 0 saturated carbocycles. The smallest absolute Gasteiger partial charge is 0.343 e. The molecule has 0 bridgehead atoms. The standard InChI is InChI=1S/C18H13FO4/c1-10-9-16(20)23-17-11(2)15(8-7-14(10)17)22-18(21)12-3-5-13(19)6-4-12/h3-9H,1-2H3. The number of hydrogen-bond donors (Lipinski definition) is 0. The fraction of sp³-hybridized carbons (Fsp3) is 0.111. The summed E-state index contributed by atoms with van der Waals surface area (Å²) in [7, 11) is 0. The van der Waals surface area contributed by atoms with E-state index in [-0.39, 0.29) is 5.56 Å². The highest BCUT2D eigenvalue weighted by Gasteiger charge is 2.14. The van der Waals surface area contributed by atoms with Crippen LogP contribution in [0.4, 0.5) is 4.39 Å². The van der Waals surface area contributed by atoms with Crippen molar-refractivity contribution >= 4 is 16.9 Å². The quantitative estimate of drug-likeness (QED) is 0.410. The van der Waals surface area contributed by atoms with Crippen molar-refractivity contribution in [3.05, 3.63) is 75.4 Å². The van der Waals surface area contributed by atoms with E-state index < -0.39 is 17.4 Å². The van der Waals surface area contributed by atoms with Crippen molar-refractivity contribution in [1.29, 1.82) is 0 Å². The summed E-state index contributed by atoms with van der Waals surface area (Å²) in [6, 6.07) is 9.85. The molecule has 0 radical (unpaired) electrons. The van der Waals surface area contributed by atoms with Gasteiger partial charge in [-0.2, -0.15) is 0 Å². The highest BCUT2D eigenvalue weighted by atomic mass is 19.1. The van der Waals surface area contributed by atoms with Crippen molar-refractivity contribution in [1.82, 2.24) is 0 Å². The molecule has 0 spiro atoms. The first-order chi connectivity index (χ1) is 11.0. The third kappa shape index (κ3) is 2.85. The number of carbonyl (C=O) groups excluding carboxylic acids is 1. The van der Waals surface area contributed by atoms with Gasteiger partial charge in [0.1, 0.15) is 17.1 Å². The predicted molar refractivity (Wildman–Crippen MR) is 83.3 cm³/mol. The summed E-state index contributed by atoms with van der Waals surface area (Å²) in [5.41, 5.74) is 1.51. The number of fused-ring (bicyclic) bond motifs is 1. The monoisotopic (exact) mass is 312 g/mol. The van der Waals surface area contributed by atoms with Crippen LogP contribution in [0.15, 0.2) is 51.7 Å². The summed E-state index contributed by atoms with van der Waals surface area (Å²) in [5.74, 6) is -0.747. The number of hydrogen-bond acceptors (Lipinski definition) is 4. The first kappa shape index (κ1) is 15.0. The van der Waals surface area contributed by atoms with E-state index in [1.165, 1.54) is 30.3 Å². The zero-order chi connectivity index (χ0) is 16.6. The summed E-state index contributed by atoms with van der Waals surface area (Å²) in [5, 5.41) is 0.781. The molecule has 0 amide bonds. The molecular weight excluding hydrogens is 299 g/mol. The van der Waals surface area contributed by atoms with Crippen LogP contribution in [0.3, 0.4) is 0 Å². The van der Waals surface area contributed by atoms with Crippen LogP contribution >= 0.6 is 0 Å². The van der Waals surface area contributed by atoms with Gasteiger partial charge >= 0.3 is 11.6 Å². The Balaban J connectivity index is 2.00. The lowest BCUT2D eigenvalue weighted by molar-refractivity contribution is 0.0733. The molecule has 2 aromatic carbocycles. The van der Waals surface area contributed by atoms with Crippen LogP contribution in [-0.4, -0.2) is 5.97 Å². The van der Waals surface area contributed by atoms with Crippen molar-refractivity contribution in [2.24, 2.45) is 0 Å². The Morgan fingerprint density at radius 1 is 1.09 bits per heavy atom. The SMILES string of the molecule is Cc1cc(=O)oc2c(C)c(OC(=O)c3ccc(F)cc3)ccc12. The molecule has 5 heteroatoms. The molecular formula is C18H13FO4. The van der Waals surface area contributed by atoms with Gasteiger partial charge in [0.05, 0.1) is 5.56 Å². The Hall–Kier alpha value is -2.95. The van der Waals surface area contributed by atoms with E-state index in [4.69, 9.17) is 9.15 Å². The van der Waals surface area contributed by atoms with Crippen LogP contribution in [-0.2, 0) is 0 Å². The highest BCUT2D eigenvalue weighted by Crippen LogP contribution is 2.28. The molecule has 0 aliphatic rings. The minimum Gasteiger partial charge on any atom is -0.423 e. The third-order valence-electron chi connectivity index (χ3n) is 3.60. The van der Waals surface area contributed by atoms with Crippen LogP contribution in [0.5, 0.6) is 5.75 Å². The first-order valence-corrected chi connectivity index (χ1v) is 6.97. The fourth-order valence-corrected chi connectivity index (χ4v) is 2.36. The van der Waals surface area contributed by atoms with Crippen LogP contribution in [0.25, 0.3) is 11.0 Å². The minimum atomic E-state index is -0.609. The molecule has 0 N–H and O–H groups in total. The molecule has 4 nitrogen and oxygen atoms in total. The van der Waals surface area contributed by atoms with E-state index in [2.05, 4.69) is 0 Å². The lowest BCUT2D eigenvalue weighted by atomic mass is 10.1. The van der Waals surface area contributed by atoms with Gasteiger partial charge in [-0.05, 0) is 55.8 Å². The number of benzene rings is 2. The lowest BCUT2D eigenvalue weighted by Crippen LogP contribution is -2.09. The summed E-state index contributed by atoms with van der Waals surface area (Å²) in [6.07, 6.45) is 0. The Morgan fingerprint density at radius 3 is 2.48 bits per heavy atom. The normalized spacial score (nSPS) is 10.7. The molecule has 0 fully saturated rings. The maximum atomic E-state index is 12.9. The number of ether oxygens (including phenoxy) is 1. The number of halogens is 1. The topological polar surface area (TPSA) is 56.5 Å². The van der Waals surface area contributed by atoms with Crippen molar-refractivity contribution < 1.29 is 18.3 Å². The Morgan fingerprint density at radius 2 is 1.78 bits per heavy atom. The van der Waals surface area contributed by atoms with Crippen molar-refractivity contribution in [2.75, 3.05) is 0 Å². The average Bonchev–Trinajstić information content (AvgIpc) is 2.51. The van der Waals surface area contributed by atoms with Crippen molar-refractivity contribution in [3.63, 3.8) is 0 Å². The maximum Gasteiger partial charge on any atom is 0.343 e. The van der Waals surface area contributed by atoms with Gasteiger partial charge in [0.15, 0.2) is 0 Å². The molecule has 0 saturated heterocycles. The van der Waals surface area contributed by atoms with Gasteiger partial charge in [0.2, 0.25) is 0 Å². The molecule has 3 aromatic rings. The van der Waals surface area contributed by atoms with E-state index in [0.717, 1.165) is 10.9 Å². The van der Waals surface area contributed by atoms with Gasteiger partial charge in [0.25, 0.3) is 0 Å². The largest absolute Gasteiger partial charge is 0.423 e. The van der Waals surface area contributed by atoms with E-state index in [1.54, 1.807) is 19.1 Å². The molecule has 0 unspecified atom stereocenters. The van der Waals surface area contributed by atoms with Gasteiger partial charge in [-0.1, -0.05) is 0 Å². The van der Waals surface area contributed by atoms with Crippen LogP contribution < -0.4 is 10.4 Å². The van der Waals surface area contributed by atoms with Crippen molar-refractivity contribution in [2.45, 2.75) is 13.8 Å². The van der Waals surface area contributed by atoms with Crippen LogP contribution in [0.1, 0.15) is 21.5 Å². The highest BCUT2D eigenvalue weighted by molar-refractivity contribution is 5.92. The molecule has 1 heterocycles. The summed E-state index contributed by atoms with van der Waals surface area (Å²) in [6.45, 7) is 3.51. The first-order valence-electron chi connectivity index (χ1n) is 6.97. The van der Waals surface area contributed by atoms with Gasteiger partial charge in [-0.15, -0.1) is 0 Å². The van der Waals surface area contributed by atoms with Gasteiger partial charge in [-0.25, -0.2) is 14.0 Å². The Bertz CT molecular complexity index is 955. The van der Waals surface area contributed by atoms with Crippen molar-refractivity contribution in [3.8, 4) is 5.75 Å². The lowest BCUT2D eigenvalue weighted by Gasteiger charge is -2.10. The Labute approximate surface area is 131 Å². The van der Waals surface area contributed by atoms with E-state index >= 15 is 0 Å². The minimum absolute atomic E-state index is 0.233. The second-order valence-corrected chi connectivity index (χ2v) is 5.21.